The van der Waals surface area contributed by atoms with Crippen LogP contribution in [0.1, 0.15) is 38.2 Å². The zero-order valence-electron chi connectivity index (χ0n) is 11.6. The molecule has 0 aromatic heterocycles. The molecule has 0 aliphatic carbocycles. The lowest BCUT2D eigenvalue weighted by Gasteiger charge is -2.27. The molecule has 5 heteroatoms. The van der Waals surface area contributed by atoms with Crippen molar-refractivity contribution in [3.63, 3.8) is 0 Å². The van der Waals surface area contributed by atoms with Crippen molar-refractivity contribution in [1.29, 1.82) is 0 Å². The minimum Gasteiger partial charge on any atom is -0.399 e. The number of nitrogens with zero attached hydrogens (tertiary/aromatic N) is 1. The van der Waals surface area contributed by atoms with Gasteiger partial charge in [-0.05, 0) is 44.4 Å². The van der Waals surface area contributed by atoms with Crippen molar-refractivity contribution in [3.05, 3.63) is 23.8 Å². The van der Waals surface area contributed by atoms with Gasteiger partial charge in [0, 0.05) is 18.3 Å². The highest BCUT2D eigenvalue weighted by molar-refractivity contribution is 7.89. The molecule has 0 bridgehead atoms. The van der Waals surface area contributed by atoms with Crippen LogP contribution in [-0.2, 0) is 10.0 Å². The largest absolute Gasteiger partial charge is 0.399 e. The number of aryl methyl sites for hydroxylation is 1. The van der Waals surface area contributed by atoms with E-state index in [1.807, 2.05) is 13.8 Å². The van der Waals surface area contributed by atoms with E-state index in [4.69, 9.17) is 5.73 Å². The van der Waals surface area contributed by atoms with Crippen molar-refractivity contribution in [2.45, 2.75) is 50.5 Å². The first kappa shape index (κ1) is 14.3. The minimum atomic E-state index is -3.43. The molecule has 0 radical (unpaired) electrons. The van der Waals surface area contributed by atoms with Gasteiger partial charge in [0.2, 0.25) is 10.0 Å². The van der Waals surface area contributed by atoms with Crippen LogP contribution in [0.4, 0.5) is 5.69 Å². The Balaban J connectivity index is 2.43. The van der Waals surface area contributed by atoms with Gasteiger partial charge < -0.3 is 5.73 Å². The summed E-state index contributed by atoms with van der Waals surface area (Å²) in [7, 11) is -3.43. The Kier molecular flexibility index (Phi) is 4.16. The lowest BCUT2D eigenvalue weighted by molar-refractivity contribution is 0.342. The molecule has 2 N–H and O–H groups in total. The minimum absolute atomic E-state index is 0.0633. The summed E-state index contributed by atoms with van der Waals surface area (Å²) in [6.07, 6.45) is 4.07. The number of rotatable bonds is 2. The van der Waals surface area contributed by atoms with Gasteiger partial charge in [0.05, 0.1) is 4.90 Å². The first-order chi connectivity index (χ1) is 8.93. The fourth-order valence-corrected chi connectivity index (χ4v) is 4.59. The second-order valence-electron chi connectivity index (χ2n) is 5.34. The van der Waals surface area contributed by atoms with Crippen molar-refractivity contribution in [2.75, 3.05) is 12.3 Å². The standard InChI is InChI=1S/C14H22N2O2S/c1-11-7-8-13(15)10-14(11)19(17,18)16-9-5-3-4-6-12(16)2/h7-8,10,12H,3-6,9,15H2,1-2H3. The average Bonchev–Trinajstić information content (AvgIpc) is 2.57. The van der Waals surface area contributed by atoms with Crippen LogP contribution in [-0.4, -0.2) is 25.3 Å². The SMILES string of the molecule is Cc1ccc(N)cc1S(=O)(=O)N1CCCCCC1C. The first-order valence-corrected chi connectivity index (χ1v) is 8.25. The molecule has 1 fully saturated rings. The third-order valence-corrected chi connectivity index (χ3v) is 5.95. The number of nitrogens with two attached hydrogens (primary N) is 1. The van der Waals surface area contributed by atoms with Gasteiger partial charge in [-0.2, -0.15) is 4.31 Å². The van der Waals surface area contributed by atoms with Crippen LogP contribution in [0.15, 0.2) is 23.1 Å². The Hall–Kier alpha value is -1.07. The number of hydrogen-bond acceptors (Lipinski definition) is 3. The van der Waals surface area contributed by atoms with E-state index >= 15 is 0 Å². The Morgan fingerprint density at radius 1 is 1.26 bits per heavy atom. The number of anilines is 1. The quantitative estimate of drug-likeness (QED) is 0.848. The van der Waals surface area contributed by atoms with Crippen LogP contribution in [0.3, 0.4) is 0 Å². The average molecular weight is 282 g/mol. The van der Waals surface area contributed by atoms with E-state index in [-0.39, 0.29) is 6.04 Å². The second kappa shape index (κ2) is 5.51. The molecule has 1 unspecified atom stereocenters. The normalized spacial score (nSPS) is 22.1. The molecular formula is C14H22N2O2S. The fourth-order valence-electron chi connectivity index (χ4n) is 2.63. The summed E-state index contributed by atoms with van der Waals surface area (Å²) in [5, 5.41) is 0. The van der Waals surface area contributed by atoms with Crippen LogP contribution >= 0.6 is 0 Å². The van der Waals surface area contributed by atoms with Gasteiger partial charge in [-0.25, -0.2) is 8.42 Å². The predicted octanol–water partition coefficient (Wildman–Crippen LogP) is 2.53. The van der Waals surface area contributed by atoms with Crippen molar-refractivity contribution < 1.29 is 8.42 Å². The molecular weight excluding hydrogens is 260 g/mol. The maximum Gasteiger partial charge on any atom is 0.243 e. The monoisotopic (exact) mass is 282 g/mol. The molecule has 4 nitrogen and oxygen atoms in total. The van der Waals surface area contributed by atoms with Crippen LogP contribution in [0.2, 0.25) is 0 Å². The van der Waals surface area contributed by atoms with Gasteiger partial charge in [0.1, 0.15) is 0 Å². The molecule has 1 aromatic carbocycles. The summed E-state index contributed by atoms with van der Waals surface area (Å²) in [4.78, 5) is 0.348. The molecule has 1 saturated heterocycles. The maximum atomic E-state index is 12.8. The molecule has 2 rings (SSSR count). The van der Waals surface area contributed by atoms with E-state index < -0.39 is 10.0 Å². The molecule has 1 aliphatic rings. The highest BCUT2D eigenvalue weighted by Gasteiger charge is 2.31. The van der Waals surface area contributed by atoms with E-state index in [0.29, 0.717) is 17.1 Å². The third-order valence-electron chi connectivity index (χ3n) is 3.79. The Labute approximate surface area is 115 Å². The van der Waals surface area contributed by atoms with Gasteiger partial charge in [0.15, 0.2) is 0 Å². The topological polar surface area (TPSA) is 63.4 Å². The fraction of sp³-hybridized carbons (Fsp3) is 0.571. The number of nitrogen functional groups attached to an aromatic ring is 1. The molecule has 0 saturated carbocycles. The zero-order valence-corrected chi connectivity index (χ0v) is 12.4. The van der Waals surface area contributed by atoms with E-state index in [0.717, 1.165) is 31.2 Å². The molecule has 1 aliphatic heterocycles. The highest BCUT2D eigenvalue weighted by Crippen LogP contribution is 2.27. The predicted molar refractivity (Wildman–Crippen MR) is 77.4 cm³/mol. The second-order valence-corrected chi connectivity index (χ2v) is 7.20. The van der Waals surface area contributed by atoms with Gasteiger partial charge in [-0.3, -0.25) is 0 Å². The lowest BCUT2D eigenvalue weighted by Crippen LogP contribution is -2.38. The van der Waals surface area contributed by atoms with Gasteiger partial charge in [0.25, 0.3) is 0 Å². The summed E-state index contributed by atoms with van der Waals surface area (Å²) in [6, 6.07) is 5.14. The van der Waals surface area contributed by atoms with Crippen LogP contribution in [0.5, 0.6) is 0 Å². The van der Waals surface area contributed by atoms with Crippen molar-refractivity contribution in [2.24, 2.45) is 0 Å². The molecule has 1 aromatic rings. The summed E-state index contributed by atoms with van der Waals surface area (Å²) in [5.74, 6) is 0. The van der Waals surface area contributed by atoms with E-state index in [1.165, 1.54) is 0 Å². The highest BCUT2D eigenvalue weighted by atomic mass is 32.2. The smallest absolute Gasteiger partial charge is 0.243 e. The van der Waals surface area contributed by atoms with Crippen LogP contribution < -0.4 is 5.73 Å². The number of sulfonamides is 1. The molecule has 19 heavy (non-hydrogen) atoms. The molecule has 1 heterocycles. The maximum absolute atomic E-state index is 12.8. The first-order valence-electron chi connectivity index (χ1n) is 6.81. The Bertz CT molecular complexity index is 555. The number of benzene rings is 1. The van der Waals surface area contributed by atoms with E-state index in [9.17, 15) is 8.42 Å². The lowest BCUT2D eigenvalue weighted by atomic mass is 10.1. The summed E-state index contributed by atoms with van der Waals surface area (Å²) in [6.45, 7) is 4.41. The molecule has 0 amide bonds. The van der Waals surface area contributed by atoms with Crippen molar-refractivity contribution in [3.8, 4) is 0 Å². The molecule has 1 atom stereocenters. The number of hydrogen-bond donors (Lipinski definition) is 1. The van der Waals surface area contributed by atoms with E-state index in [1.54, 1.807) is 22.5 Å². The third kappa shape index (κ3) is 2.92. The molecule has 106 valence electrons. The Morgan fingerprint density at radius 3 is 2.74 bits per heavy atom. The Morgan fingerprint density at radius 2 is 2.00 bits per heavy atom. The van der Waals surface area contributed by atoms with Crippen LogP contribution in [0, 0.1) is 6.92 Å². The van der Waals surface area contributed by atoms with Gasteiger partial charge in [-0.1, -0.05) is 18.9 Å². The summed E-state index contributed by atoms with van der Waals surface area (Å²) >= 11 is 0. The molecule has 0 spiro atoms. The van der Waals surface area contributed by atoms with E-state index in [2.05, 4.69) is 0 Å². The van der Waals surface area contributed by atoms with Crippen molar-refractivity contribution in [1.82, 2.24) is 4.31 Å². The summed E-state index contributed by atoms with van der Waals surface area (Å²) in [5.41, 5.74) is 6.98. The van der Waals surface area contributed by atoms with Gasteiger partial charge >= 0.3 is 0 Å². The summed E-state index contributed by atoms with van der Waals surface area (Å²) < 4.78 is 27.2. The van der Waals surface area contributed by atoms with Gasteiger partial charge in [-0.15, -0.1) is 0 Å². The van der Waals surface area contributed by atoms with Crippen molar-refractivity contribution >= 4 is 15.7 Å². The zero-order chi connectivity index (χ0) is 14.0. The van der Waals surface area contributed by atoms with Crippen LogP contribution in [0.25, 0.3) is 0 Å².